The van der Waals surface area contributed by atoms with Crippen molar-refractivity contribution in [1.29, 1.82) is 0 Å². The molecule has 1 fully saturated rings. The zero-order chi connectivity index (χ0) is 14.7. The molecule has 0 unspecified atom stereocenters. The summed E-state index contributed by atoms with van der Waals surface area (Å²) in [6.45, 7) is 5.57. The molecule has 2 heterocycles. The van der Waals surface area contributed by atoms with Gasteiger partial charge in [0.15, 0.2) is 0 Å². The van der Waals surface area contributed by atoms with Crippen molar-refractivity contribution in [2.24, 2.45) is 5.92 Å². The second kappa shape index (κ2) is 6.22. The Labute approximate surface area is 125 Å². The maximum absolute atomic E-state index is 3.94. The van der Waals surface area contributed by atoms with Crippen LogP contribution in [0.25, 0.3) is 5.69 Å². The van der Waals surface area contributed by atoms with E-state index in [0.29, 0.717) is 0 Å². The number of rotatable bonds is 4. The van der Waals surface area contributed by atoms with Crippen molar-refractivity contribution in [2.75, 3.05) is 32.0 Å². The Kier molecular flexibility index (Phi) is 4.15. The summed E-state index contributed by atoms with van der Waals surface area (Å²) in [5, 5.41) is 14.9. The number of hydrogen-bond donors (Lipinski definition) is 1. The predicted molar refractivity (Wildman–Crippen MR) is 82.6 cm³/mol. The number of nitrogens with zero attached hydrogens (tertiary/aromatic N) is 5. The first-order chi connectivity index (χ1) is 10.2. The lowest BCUT2D eigenvalue weighted by atomic mass is 9.97. The largest absolute Gasteiger partial charge is 0.384 e. The Hall–Kier alpha value is -1.95. The van der Waals surface area contributed by atoms with Crippen molar-refractivity contribution >= 4 is 5.69 Å². The van der Waals surface area contributed by atoms with Crippen LogP contribution in [0.4, 0.5) is 5.69 Å². The molecule has 3 rings (SSSR count). The first-order valence-corrected chi connectivity index (χ1v) is 7.49. The van der Waals surface area contributed by atoms with Crippen molar-refractivity contribution < 1.29 is 0 Å². The van der Waals surface area contributed by atoms with Gasteiger partial charge in [-0.3, -0.25) is 0 Å². The van der Waals surface area contributed by atoms with E-state index in [1.165, 1.54) is 37.2 Å². The molecule has 0 spiro atoms. The average molecular weight is 286 g/mol. The van der Waals surface area contributed by atoms with E-state index in [1.807, 2.05) is 6.07 Å². The second-order valence-electron chi connectivity index (χ2n) is 5.88. The molecule has 0 aliphatic carbocycles. The van der Waals surface area contributed by atoms with Crippen LogP contribution >= 0.6 is 0 Å². The summed E-state index contributed by atoms with van der Waals surface area (Å²) in [5.41, 5.74) is 3.40. The summed E-state index contributed by atoms with van der Waals surface area (Å²) in [5.74, 6) is 0.761. The minimum atomic E-state index is 0.761. The van der Waals surface area contributed by atoms with E-state index < -0.39 is 0 Å². The number of hydrogen-bond acceptors (Lipinski definition) is 5. The third-order valence-corrected chi connectivity index (χ3v) is 4.25. The minimum absolute atomic E-state index is 0.761. The molecule has 1 aromatic heterocycles. The highest BCUT2D eigenvalue weighted by Crippen LogP contribution is 2.21. The number of tetrazole rings is 1. The quantitative estimate of drug-likeness (QED) is 0.927. The van der Waals surface area contributed by atoms with Gasteiger partial charge in [0.25, 0.3) is 0 Å². The fourth-order valence-corrected chi connectivity index (χ4v) is 2.74. The Balaban J connectivity index is 1.66. The summed E-state index contributed by atoms with van der Waals surface area (Å²) in [7, 11) is 2.20. The molecular formula is C15H22N6. The average Bonchev–Trinajstić information content (AvgIpc) is 3.02. The first kappa shape index (κ1) is 14.0. The third-order valence-electron chi connectivity index (χ3n) is 4.25. The Bertz CT molecular complexity index is 572. The normalized spacial score (nSPS) is 17.0. The highest BCUT2D eigenvalue weighted by atomic mass is 15.5. The molecule has 1 aromatic carbocycles. The molecule has 1 aliphatic heterocycles. The number of aromatic nitrogens is 4. The number of benzene rings is 1. The molecule has 2 aromatic rings. The minimum Gasteiger partial charge on any atom is -0.384 e. The van der Waals surface area contributed by atoms with E-state index in [9.17, 15) is 0 Å². The van der Waals surface area contributed by atoms with Crippen LogP contribution in [-0.4, -0.2) is 51.8 Å². The van der Waals surface area contributed by atoms with E-state index in [1.54, 1.807) is 11.0 Å². The summed E-state index contributed by atoms with van der Waals surface area (Å²) in [4.78, 5) is 2.40. The SMILES string of the molecule is Cc1ccc(-n2cnnn2)cc1NCC1CCN(C)CC1. The van der Waals surface area contributed by atoms with Crippen LogP contribution in [0.2, 0.25) is 0 Å². The van der Waals surface area contributed by atoms with Crippen LogP contribution in [0.1, 0.15) is 18.4 Å². The van der Waals surface area contributed by atoms with Gasteiger partial charge in [0.05, 0.1) is 5.69 Å². The van der Waals surface area contributed by atoms with E-state index in [4.69, 9.17) is 0 Å². The predicted octanol–water partition coefficient (Wildman–Crippen LogP) is 1.72. The highest BCUT2D eigenvalue weighted by Gasteiger charge is 2.16. The van der Waals surface area contributed by atoms with E-state index in [0.717, 1.165) is 18.2 Å². The molecule has 0 bridgehead atoms. The van der Waals surface area contributed by atoms with Crippen molar-refractivity contribution in [3.05, 3.63) is 30.1 Å². The van der Waals surface area contributed by atoms with Gasteiger partial charge < -0.3 is 10.2 Å². The summed E-state index contributed by atoms with van der Waals surface area (Å²) >= 11 is 0. The number of likely N-dealkylation sites (tertiary alicyclic amines) is 1. The van der Waals surface area contributed by atoms with Crippen molar-refractivity contribution in [1.82, 2.24) is 25.1 Å². The van der Waals surface area contributed by atoms with Crippen molar-refractivity contribution in [3.63, 3.8) is 0 Å². The van der Waals surface area contributed by atoms with Gasteiger partial charge in [-0.05, 0) is 73.9 Å². The zero-order valence-electron chi connectivity index (χ0n) is 12.7. The van der Waals surface area contributed by atoms with Crippen LogP contribution in [0.3, 0.4) is 0 Å². The molecule has 0 atom stereocenters. The smallest absolute Gasteiger partial charge is 0.143 e. The van der Waals surface area contributed by atoms with Crippen LogP contribution < -0.4 is 5.32 Å². The maximum atomic E-state index is 3.94. The topological polar surface area (TPSA) is 58.9 Å². The molecule has 21 heavy (non-hydrogen) atoms. The summed E-state index contributed by atoms with van der Waals surface area (Å²) in [6, 6.07) is 6.25. The van der Waals surface area contributed by atoms with Gasteiger partial charge in [-0.1, -0.05) is 6.07 Å². The molecule has 6 heteroatoms. The van der Waals surface area contributed by atoms with E-state index >= 15 is 0 Å². The lowest BCUT2D eigenvalue weighted by Gasteiger charge is -2.29. The molecule has 0 amide bonds. The Morgan fingerprint density at radius 3 is 2.81 bits per heavy atom. The van der Waals surface area contributed by atoms with Crippen LogP contribution in [0.5, 0.6) is 0 Å². The van der Waals surface area contributed by atoms with E-state index in [-0.39, 0.29) is 0 Å². The summed E-state index contributed by atoms with van der Waals surface area (Å²) in [6.07, 6.45) is 4.16. The molecule has 1 saturated heterocycles. The summed E-state index contributed by atoms with van der Waals surface area (Å²) < 4.78 is 1.68. The number of aryl methyl sites for hydroxylation is 1. The number of anilines is 1. The fourth-order valence-electron chi connectivity index (χ4n) is 2.74. The van der Waals surface area contributed by atoms with Crippen molar-refractivity contribution in [3.8, 4) is 5.69 Å². The monoisotopic (exact) mass is 286 g/mol. The number of nitrogens with one attached hydrogen (secondary N) is 1. The van der Waals surface area contributed by atoms with E-state index in [2.05, 4.69) is 51.8 Å². The molecular weight excluding hydrogens is 264 g/mol. The maximum Gasteiger partial charge on any atom is 0.143 e. The van der Waals surface area contributed by atoms with Gasteiger partial charge in [0, 0.05) is 12.2 Å². The lowest BCUT2D eigenvalue weighted by molar-refractivity contribution is 0.226. The molecule has 0 radical (unpaired) electrons. The molecule has 1 N–H and O–H groups in total. The zero-order valence-corrected chi connectivity index (χ0v) is 12.7. The van der Waals surface area contributed by atoms with Crippen LogP contribution in [0, 0.1) is 12.8 Å². The van der Waals surface area contributed by atoms with Gasteiger partial charge >= 0.3 is 0 Å². The second-order valence-corrected chi connectivity index (χ2v) is 5.88. The Morgan fingerprint density at radius 1 is 1.29 bits per heavy atom. The van der Waals surface area contributed by atoms with Gasteiger partial charge in [0.2, 0.25) is 0 Å². The lowest BCUT2D eigenvalue weighted by Crippen LogP contribution is -2.33. The van der Waals surface area contributed by atoms with Crippen LogP contribution in [-0.2, 0) is 0 Å². The van der Waals surface area contributed by atoms with Gasteiger partial charge in [0.1, 0.15) is 6.33 Å². The third kappa shape index (κ3) is 3.39. The fraction of sp³-hybridized carbons (Fsp3) is 0.533. The van der Waals surface area contributed by atoms with Crippen LogP contribution in [0.15, 0.2) is 24.5 Å². The molecule has 1 aliphatic rings. The van der Waals surface area contributed by atoms with Gasteiger partial charge in [-0.15, -0.1) is 5.10 Å². The van der Waals surface area contributed by atoms with Gasteiger partial charge in [-0.25, -0.2) is 4.68 Å². The highest BCUT2D eigenvalue weighted by molar-refractivity contribution is 5.56. The number of piperidine rings is 1. The molecule has 6 nitrogen and oxygen atoms in total. The Morgan fingerprint density at radius 2 is 2.10 bits per heavy atom. The molecule has 0 saturated carbocycles. The van der Waals surface area contributed by atoms with Gasteiger partial charge in [-0.2, -0.15) is 0 Å². The first-order valence-electron chi connectivity index (χ1n) is 7.49. The molecule has 112 valence electrons. The standard InChI is InChI=1S/C15H22N6/c1-12-3-4-14(21-11-17-18-19-21)9-15(12)16-10-13-5-7-20(2)8-6-13/h3-4,9,11,13,16H,5-8,10H2,1-2H3. The van der Waals surface area contributed by atoms with Crippen molar-refractivity contribution in [2.45, 2.75) is 19.8 Å².